The summed E-state index contributed by atoms with van der Waals surface area (Å²) in [5, 5.41) is 7.98. The number of urea groups is 1. The summed E-state index contributed by atoms with van der Waals surface area (Å²) < 4.78 is 5.17. The highest BCUT2D eigenvalue weighted by Crippen LogP contribution is 2.25. The van der Waals surface area contributed by atoms with Gasteiger partial charge in [-0.1, -0.05) is 43.3 Å². The number of amides is 2. The van der Waals surface area contributed by atoms with Crippen molar-refractivity contribution in [3.63, 3.8) is 0 Å². The van der Waals surface area contributed by atoms with Crippen LogP contribution in [0, 0.1) is 5.41 Å². The molecule has 0 spiro atoms. The van der Waals surface area contributed by atoms with Gasteiger partial charge in [0.1, 0.15) is 0 Å². The maximum Gasteiger partial charge on any atom is 0.319 e. The number of ether oxygens (including phenoxy) is 1. The van der Waals surface area contributed by atoms with Gasteiger partial charge in [0, 0.05) is 17.3 Å². The molecule has 1 aliphatic rings. The third-order valence-electron chi connectivity index (χ3n) is 3.61. The predicted molar refractivity (Wildman–Crippen MR) is 79.9 cm³/mol. The lowest BCUT2D eigenvalue weighted by Gasteiger charge is -2.37. The Hall–Kier alpha value is -2.07. The number of rotatable bonds is 3. The van der Waals surface area contributed by atoms with Crippen LogP contribution in [0.2, 0.25) is 0 Å². The van der Waals surface area contributed by atoms with Crippen molar-refractivity contribution in [2.24, 2.45) is 5.41 Å². The number of carbonyl (C=O) groups excluding carboxylic acids is 1. The maximum absolute atomic E-state index is 12.0. The van der Waals surface area contributed by atoms with Crippen LogP contribution in [-0.4, -0.2) is 25.8 Å². The Bertz CT molecular complexity index is 630. The van der Waals surface area contributed by atoms with E-state index in [2.05, 4.69) is 17.6 Å². The molecule has 0 bridgehead atoms. The van der Waals surface area contributed by atoms with Crippen LogP contribution in [0.25, 0.3) is 10.8 Å². The Kier molecular flexibility index (Phi) is 3.32. The van der Waals surface area contributed by atoms with Crippen molar-refractivity contribution >= 4 is 22.5 Å². The average Bonchev–Trinajstić information content (AvgIpc) is 2.43. The van der Waals surface area contributed by atoms with Gasteiger partial charge in [0.2, 0.25) is 0 Å². The van der Waals surface area contributed by atoms with E-state index in [1.807, 2.05) is 42.5 Å². The topological polar surface area (TPSA) is 50.4 Å². The average molecular weight is 270 g/mol. The molecule has 2 aromatic rings. The second-order valence-corrected chi connectivity index (χ2v) is 5.64. The monoisotopic (exact) mass is 270 g/mol. The first-order valence-electron chi connectivity index (χ1n) is 6.77. The molecule has 0 unspecified atom stereocenters. The Morgan fingerprint density at radius 1 is 1.20 bits per heavy atom. The van der Waals surface area contributed by atoms with E-state index < -0.39 is 0 Å². The van der Waals surface area contributed by atoms with Crippen molar-refractivity contribution < 1.29 is 9.53 Å². The molecular weight excluding hydrogens is 252 g/mol. The third-order valence-corrected chi connectivity index (χ3v) is 3.61. The highest BCUT2D eigenvalue weighted by molar-refractivity contribution is 6.01. The van der Waals surface area contributed by atoms with Crippen LogP contribution in [0.4, 0.5) is 10.5 Å². The van der Waals surface area contributed by atoms with Gasteiger partial charge >= 0.3 is 6.03 Å². The number of carbonyl (C=O) groups is 1. The minimum Gasteiger partial charge on any atom is -0.380 e. The first kappa shape index (κ1) is 12.9. The van der Waals surface area contributed by atoms with E-state index in [1.165, 1.54) is 0 Å². The molecule has 4 heteroatoms. The summed E-state index contributed by atoms with van der Waals surface area (Å²) in [7, 11) is 0. The molecule has 0 saturated carbocycles. The van der Waals surface area contributed by atoms with Crippen LogP contribution in [-0.2, 0) is 4.74 Å². The zero-order valence-corrected chi connectivity index (χ0v) is 11.5. The van der Waals surface area contributed by atoms with Crippen LogP contribution in [0.15, 0.2) is 42.5 Å². The molecule has 104 valence electrons. The summed E-state index contributed by atoms with van der Waals surface area (Å²) >= 11 is 0. The number of nitrogens with one attached hydrogen (secondary N) is 2. The standard InChI is InChI=1S/C16H18N2O2/c1-16(10-20-11-16)9-17-15(19)18-14-8-4-6-12-5-2-3-7-13(12)14/h2-8H,9-11H2,1H3,(H2,17,18,19). The first-order valence-corrected chi connectivity index (χ1v) is 6.77. The lowest BCUT2D eigenvalue weighted by Crippen LogP contribution is -2.49. The molecular formula is C16H18N2O2. The summed E-state index contributed by atoms with van der Waals surface area (Å²) in [5.74, 6) is 0. The normalized spacial score (nSPS) is 16.4. The fourth-order valence-electron chi connectivity index (χ4n) is 2.35. The SMILES string of the molecule is CC1(CNC(=O)Nc2cccc3ccccc23)COC1. The second kappa shape index (κ2) is 5.13. The van der Waals surface area contributed by atoms with Crippen LogP contribution >= 0.6 is 0 Å². The van der Waals surface area contributed by atoms with Crippen molar-refractivity contribution in [1.82, 2.24) is 5.32 Å². The zero-order valence-electron chi connectivity index (χ0n) is 11.5. The van der Waals surface area contributed by atoms with Crippen LogP contribution in [0.5, 0.6) is 0 Å². The Morgan fingerprint density at radius 2 is 1.95 bits per heavy atom. The van der Waals surface area contributed by atoms with Gasteiger partial charge in [-0.15, -0.1) is 0 Å². The van der Waals surface area contributed by atoms with Gasteiger partial charge in [-0.2, -0.15) is 0 Å². The van der Waals surface area contributed by atoms with Gasteiger partial charge in [-0.05, 0) is 11.5 Å². The molecule has 1 fully saturated rings. The van der Waals surface area contributed by atoms with Crippen molar-refractivity contribution in [3.05, 3.63) is 42.5 Å². The van der Waals surface area contributed by atoms with E-state index in [1.54, 1.807) is 0 Å². The van der Waals surface area contributed by atoms with Crippen molar-refractivity contribution in [3.8, 4) is 0 Å². The lowest BCUT2D eigenvalue weighted by molar-refractivity contribution is -0.0974. The fourth-order valence-corrected chi connectivity index (χ4v) is 2.35. The smallest absolute Gasteiger partial charge is 0.319 e. The highest BCUT2D eigenvalue weighted by atomic mass is 16.5. The van der Waals surface area contributed by atoms with E-state index in [0.717, 1.165) is 16.5 Å². The van der Waals surface area contributed by atoms with Crippen molar-refractivity contribution in [2.75, 3.05) is 25.1 Å². The molecule has 0 atom stereocenters. The zero-order chi connectivity index (χ0) is 14.0. The molecule has 1 heterocycles. The Morgan fingerprint density at radius 3 is 2.70 bits per heavy atom. The quantitative estimate of drug-likeness (QED) is 0.900. The molecule has 2 aromatic carbocycles. The molecule has 1 saturated heterocycles. The number of hydrogen-bond acceptors (Lipinski definition) is 2. The van der Waals surface area contributed by atoms with Gasteiger partial charge in [0.05, 0.1) is 18.9 Å². The van der Waals surface area contributed by atoms with Gasteiger partial charge in [0.15, 0.2) is 0 Å². The summed E-state index contributed by atoms with van der Waals surface area (Å²) in [6.45, 7) is 4.15. The van der Waals surface area contributed by atoms with E-state index in [-0.39, 0.29) is 11.4 Å². The molecule has 1 aliphatic heterocycles. The van der Waals surface area contributed by atoms with Gasteiger partial charge in [-0.25, -0.2) is 4.79 Å². The van der Waals surface area contributed by atoms with Gasteiger partial charge in [0.25, 0.3) is 0 Å². The van der Waals surface area contributed by atoms with E-state index in [0.29, 0.717) is 19.8 Å². The second-order valence-electron chi connectivity index (χ2n) is 5.64. The van der Waals surface area contributed by atoms with E-state index in [9.17, 15) is 4.79 Å². The molecule has 2 N–H and O–H groups in total. The number of anilines is 1. The molecule has 20 heavy (non-hydrogen) atoms. The number of hydrogen-bond donors (Lipinski definition) is 2. The minimum atomic E-state index is -0.172. The van der Waals surface area contributed by atoms with E-state index in [4.69, 9.17) is 4.74 Å². The largest absolute Gasteiger partial charge is 0.380 e. The summed E-state index contributed by atoms with van der Waals surface area (Å²) in [6, 6.07) is 13.7. The van der Waals surface area contributed by atoms with E-state index >= 15 is 0 Å². The first-order chi connectivity index (χ1) is 9.66. The molecule has 0 aromatic heterocycles. The van der Waals surface area contributed by atoms with Crippen molar-refractivity contribution in [2.45, 2.75) is 6.92 Å². The number of fused-ring (bicyclic) bond motifs is 1. The summed E-state index contributed by atoms with van der Waals surface area (Å²) in [6.07, 6.45) is 0. The summed E-state index contributed by atoms with van der Waals surface area (Å²) in [4.78, 5) is 12.0. The third kappa shape index (κ3) is 2.60. The highest BCUT2D eigenvalue weighted by Gasteiger charge is 2.33. The minimum absolute atomic E-state index is 0.0795. The predicted octanol–water partition coefficient (Wildman–Crippen LogP) is 3.00. The van der Waals surface area contributed by atoms with Gasteiger partial charge in [-0.3, -0.25) is 0 Å². The van der Waals surface area contributed by atoms with Crippen molar-refractivity contribution in [1.29, 1.82) is 0 Å². The summed E-state index contributed by atoms with van der Waals surface area (Å²) in [5.41, 5.74) is 0.909. The van der Waals surface area contributed by atoms with Crippen LogP contribution in [0.1, 0.15) is 6.92 Å². The lowest BCUT2D eigenvalue weighted by atomic mass is 9.89. The molecule has 4 nitrogen and oxygen atoms in total. The Balaban J connectivity index is 1.68. The molecule has 0 radical (unpaired) electrons. The molecule has 3 rings (SSSR count). The molecule has 2 amide bonds. The Labute approximate surface area is 118 Å². The molecule has 0 aliphatic carbocycles. The maximum atomic E-state index is 12.0. The fraction of sp³-hybridized carbons (Fsp3) is 0.312. The van der Waals surface area contributed by atoms with Crippen LogP contribution in [0.3, 0.4) is 0 Å². The van der Waals surface area contributed by atoms with Crippen LogP contribution < -0.4 is 10.6 Å². The number of benzene rings is 2. The van der Waals surface area contributed by atoms with Gasteiger partial charge < -0.3 is 15.4 Å².